The molecule has 3 heterocycles. The van der Waals surface area contributed by atoms with Crippen LogP contribution in [0.25, 0.3) is 15.4 Å². The maximum absolute atomic E-state index is 12.1. The summed E-state index contributed by atoms with van der Waals surface area (Å²) in [6.07, 6.45) is 3.48. The molecule has 0 spiro atoms. The van der Waals surface area contributed by atoms with E-state index < -0.39 is 0 Å². The van der Waals surface area contributed by atoms with Crippen molar-refractivity contribution >= 4 is 16.2 Å². The van der Waals surface area contributed by atoms with E-state index in [2.05, 4.69) is 4.98 Å². The second-order valence-electron chi connectivity index (χ2n) is 3.36. The summed E-state index contributed by atoms with van der Waals surface area (Å²) in [7, 11) is 0. The van der Waals surface area contributed by atoms with Gasteiger partial charge in [0.15, 0.2) is 12.1 Å². The molecule has 0 aromatic carbocycles. The molecule has 0 fully saturated rings. The van der Waals surface area contributed by atoms with Crippen LogP contribution in [-0.4, -0.2) is 4.98 Å². The highest BCUT2D eigenvalue weighted by molar-refractivity contribution is 7.20. The number of aromatic nitrogens is 2. The van der Waals surface area contributed by atoms with E-state index in [4.69, 9.17) is 0 Å². The van der Waals surface area contributed by atoms with Crippen LogP contribution in [0.3, 0.4) is 0 Å². The molecule has 0 aliphatic rings. The lowest BCUT2D eigenvalue weighted by Gasteiger charge is -1.99. The minimum Gasteiger partial charge on any atom is -0.822 e. The van der Waals surface area contributed by atoms with Crippen molar-refractivity contribution < 1.29 is 9.51 Å². The third kappa shape index (κ3) is 1.35. The van der Waals surface area contributed by atoms with Crippen molar-refractivity contribution in [3.63, 3.8) is 0 Å². The molecule has 3 rings (SSSR count). The number of hydrogen-bond acceptors (Lipinski definition) is 3. The van der Waals surface area contributed by atoms with Crippen molar-refractivity contribution in [2.75, 3.05) is 0 Å². The van der Waals surface area contributed by atoms with E-state index in [9.17, 15) is 5.11 Å². The largest absolute Gasteiger partial charge is 0.822 e. The molecular formula is C12H8N2OS. The Morgan fingerprint density at radius 2 is 2.00 bits per heavy atom. The number of nitrogens with zero attached hydrogens (tertiary/aromatic N) is 2. The SMILES string of the molecule is [O-]c1c(-c2ccccn2)sc2cccc[n+]12. The summed E-state index contributed by atoms with van der Waals surface area (Å²) in [6, 6.07) is 11.3. The summed E-state index contributed by atoms with van der Waals surface area (Å²) in [5.41, 5.74) is 0.737. The average Bonchev–Trinajstić information content (AvgIpc) is 2.69. The molecular weight excluding hydrogens is 220 g/mol. The highest BCUT2D eigenvalue weighted by Crippen LogP contribution is 2.30. The first-order chi connectivity index (χ1) is 7.86. The zero-order valence-electron chi connectivity index (χ0n) is 8.33. The summed E-state index contributed by atoms with van der Waals surface area (Å²) >= 11 is 1.46. The molecule has 3 nitrogen and oxygen atoms in total. The minimum absolute atomic E-state index is 0.000648. The fourth-order valence-electron chi connectivity index (χ4n) is 1.59. The van der Waals surface area contributed by atoms with Gasteiger partial charge in [-0.05, 0) is 18.2 Å². The van der Waals surface area contributed by atoms with Crippen LogP contribution in [0.5, 0.6) is 5.88 Å². The van der Waals surface area contributed by atoms with Crippen molar-refractivity contribution in [1.29, 1.82) is 0 Å². The number of rotatable bonds is 1. The molecule has 0 saturated carbocycles. The molecule has 3 aromatic heterocycles. The van der Waals surface area contributed by atoms with E-state index in [1.54, 1.807) is 16.8 Å². The summed E-state index contributed by atoms with van der Waals surface area (Å²) in [4.78, 5) is 5.83. The fraction of sp³-hybridized carbons (Fsp3) is 0. The van der Waals surface area contributed by atoms with Crippen molar-refractivity contribution in [3.05, 3.63) is 48.8 Å². The third-order valence-electron chi connectivity index (χ3n) is 2.34. The van der Waals surface area contributed by atoms with Gasteiger partial charge in [0.05, 0.1) is 5.69 Å². The molecule has 0 radical (unpaired) electrons. The van der Waals surface area contributed by atoms with Crippen LogP contribution in [0.1, 0.15) is 0 Å². The standard InChI is InChI=1S/C12H8N2OS/c15-12-11(9-5-1-3-7-13-9)16-10-6-2-4-8-14(10)12/h1-8H. The maximum atomic E-state index is 12.1. The first kappa shape index (κ1) is 9.30. The normalized spacial score (nSPS) is 10.8. The van der Waals surface area contributed by atoms with Gasteiger partial charge in [-0.15, -0.1) is 0 Å². The van der Waals surface area contributed by atoms with E-state index in [0.29, 0.717) is 4.88 Å². The molecule has 78 valence electrons. The summed E-state index contributed by atoms with van der Waals surface area (Å²) in [6.45, 7) is 0. The van der Waals surface area contributed by atoms with Crippen LogP contribution >= 0.6 is 11.3 Å². The van der Waals surface area contributed by atoms with Crippen LogP contribution in [0, 0.1) is 0 Å². The van der Waals surface area contributed by atoms with Crippen molar-refractivity contribution in [1.82, 2.24) is 4.98 Å². The molecule has 16 heavy (non-hydrogen) atoms. The van der Waals surface area contributed by atoms with E-state index in [0.717, 1.165) is 10.5 Å². The van der Waals surface area contributed by atoms with Crippen LogP contribution in [0.2, 0.25) is 0 Å². The van der Waals surface area contributed by atoms with E-state index in [1.807, 2.05) is 36.4 Å². The Kier molecular flexibility index (Phi) is 2.08. The first-order valence-corrected chi connectivity index (χ1v) is 5.69. The molecule has 0 unspecified atom stereocenters. The Bertz CT molecular complexity index is 634. The van der Waals surface area contributed by atoms with Crippen LogP contribution in [-0.2, 0) is 0 Å². The Balaban J connectivity index is 2.29. The highest BCUT2D eigenvalue weighted by Gasteiger charge is 2.14. The van der Waals surface area contributed by atoms with E-state index >= 15 is 0 Å². The quantitative estimate of drug-likeness (QED) is 0.594. The smallest absolute Gasteiger partial charge is 0.267 e. The molecule has 0 saturated heterocycles. The summed E-state index contributed by atoms with van der Waals surface area (Å²) < 4.78 is 1.65. The molecule has 0 aliphatic carbocycles. The van der Waals surface area contributed by atoms with Crippen molar-refractivity contribution in [2.45, 2.75) is 0 Å². The van der Waals surface area contributed by atoms with Gasteiger partial charge in [0.2, 0.25) is 0 Å². The lowest BCUT2D eigenvalue weighted by molar-refractivity contribution is -0.580. The van der Waals surface area contributed by atoms with Crippen molar-refractivity contribution in [3.8, 4) is 16.5 Å². The van der Waals surface area contributed by atoms with Crippen molar-refractivity contribution in [2.24, 2.45) is 0 Å². The van der Waals surface area contributed by atoms with Gasteiger partial charge >= 0.3 is 0 Å². The minimum atomic E-state index is -0.000648. The predicted octanol–water partition coefficient (Wildman–Crippen LogP) is 1.62. The summed E-state index contributed by atoms with van der Waals surface area (Å²) in [5, 5.41) is 12.1. The number of pyridine rings is 2. The molecule has 0 bridgehead atoms. The monoisotopic (exact) mass is 228 g/mol. The number of hydrogen-bond donors (Lipinski definition) is 0. The average molecular weight is 228 g/mol. The maximum Gasteiger partial charge on any atom is 0.267 e. The Labute approximate surface area is 96.3 Å². The van der Waals surface area contributed by atoms with Gasteiger partial charge in [0.1, 0.15) is 4.88 Å². The van der Waals surface area contributed by atoms with Gasteiger partial charge < -0.3 is 5.11 Å². The highest BCUT2D eigenvalue weighted by atomic mass is 32.1. The summed E-state index contributed by atoms with van der Waals surface area (Å²) in [5.74, 6) is -0.000648. The zero-order chi connectivity index (χ0) is 11.0. The van der Waals surface area contributed by atoms with Crippen LogP contribution < -0.4 is 9.51 Å². The second-order valence-corrected chi connectivity index (χ2v) is 4.39. The van der Waals surface area contributed by atoms with Gasteiger partial charge in [0.25, 0.3) is 4.83 Å². The van der Waals surface area contributed by atoms with Crippen LogP contribution in [0.4, 0.5) is 0 Å². The Hall–Kier alpha value is -1.94. The van der Waals surface area contributed by atoms with Gasteiger partial charge in [-0.2, -0.15) is 4.40 Å². The fourth-order valence-corrected chi connectivity index (χ4v) is 2.60. The zero-order valence-corrected chi connectivity index (χ0v) is 9.15. The molecule has 0 aliphatic heterocycles. The predicted molar refractivity (Wildman–Crippen MR) is 60.2 cm³/mol. The van der Waals surface area contributed by atoms with Gasteiger partial charge in [0, 0.05) is 18.3 Å². The number of thiazole rings is 1. The van der Waals surface area contributed by atoms with Gasteiger partial charge in [-0.25, -0.2) is 0 Å². The molecule has 0 N–H and O–H groups in total. The lowest BCUT2D eigenvalue weighted by atomic mass is 10.3. The Morgan fingerprint density at radius 1 is 1.12 bits per heavy atom. The first-order valence-electron chi connectivity index (χ1n) is 4.88. The Morgan fingerprint density at radius 3 is 2.75 bits per heavy atom. The molecule has 3 aromatic rings. The molecule has 0 amide bonds. The topological polar surface area (TPSA) is 40.1 Å². The lowest BCUT2D eigenvalue weighted by Crippen LogP contribution is -2.22. The number of fused-ring (bicyclic) bond motifs is 1. The van der Waals surface area contributed by atoms with E-state index in [-0.39, 0.29) is 5.88 Å². The van der Waals surface area contributed by atoms with Gasteiger partial charge in [-0.1, -0.05) is 17.4 Å². The molecule has 0 atom stereocenters. The van der Waals surface area contributed by atoms with Crippen LogP contribution in [0.15, 0.2) is 48.8 Å². The van der Waals surface area contributed by atoms with E-state index in [1.165, 1.54) is 11.3 Å². The molecule has 4 heteroatoms. The van der Waals surface area contributed by atoms with Gasteiger partial charge in [-0.3, -0.25) is 4.98 Å². The third-order valence-corrected chi connectivity index (χ3v) is 3.47. The second kappa shape index (κ2) is 3.57.